The molecule has 1 fully saturated rings. The lowest BCUT2D eigenvalue weighted by atomic mass is 10.2. The van der Waals surface area contributed by atoms with Crippen molar-refractivity contribution in [3.05, 3.63) is 0 Å². The van der Waals surface area contributed by atoms with E-state index in [4.69, 9.17) is 5.84 Å². The summed E-state index contributed by atoms with van der Waals surface area (Å²) in [6.45, 7) is 1.67. The zero-order valence-electron chi connectivity index (χ0n) is 7.58. The SMILES string of the molecule is NNC(=O)CCC(=O)N1CCCC1. The minimum absolute atomic E-state index is 0.0566. The first-order valence-electron chi connectivity index (χ1n) is 4.51. The van der Waals surface area contributed by atoms with E-state index in [0.29, 0.717) is 0 Å². The second-order valence-corrected chi connectivity index (χ2v) is 3.16. The van der Waals surface area contributed by atoms with Crippen LogP contribution in [0, 0.1) is 0 Å². The molecule has 5 heteroatoms. The average molecular weight is 185 g/mol. The van der Waals surface area contributed by atoms with Crippen LogP contribution in [0.2, 0.25) is 0 Å². The number of nitrogens with zero attached hydrogens (tertiary/aromatic N) is 1. The van der Waals surface area contributed by atoms with Gasteiger partial charge in [0.25, 0.3) is 0 Å². The summed E-state index contributed by atoms with van der Waals surface area (Å²) < 4.78 is 0. The molecule has 5 nitrogen and oxygen atoms in total. The van der Waals surface area contributed by atoms with Crippen LogP contribution in [-0.2, 0) is 9.59 Å². The highest BCUT2D eigenvalue weighted by atomic mass is 16.2. The fourth-order valence-corrected chi connectivity index (χ4v) is 1.42. The van der Waals surface area contributed by atoms with Crippen LogP contribution < -0.4 is 11.3 Å². The topological polar surface area (TPSA) is 75.4 Å². The number of carbonyl (C=O) groups is 2. The van der Waals surface area contributed by atoms with Crippen LogP contribution in [0.1, 0.15) is 25.7 Å². The second kappa shape index (κ2) is 4.81. The van der Waals surface area contributed by atoms with E-state index >= 15 is 0 Å². The molecule has 1 heterocycles. The van der Waals surface area contributed by atoms with Crippen LogP contribution in [0.25, 0.3) is 0 Å². The lowest BCUT2D eigenvalue weighted by Gasteiger charge is -2.14. The highest BCUT2D eigenvalue weighted by molar-refractivity contribution is 5.83. The lowest BCUT2D eigenvalue weighted by Crippen LogP contribution is -2.32. The van der Waals surface area contributed by atoms with Crippen molar-refractivity contribution in [2.75, 3.05) is 13.1 Å². The van der Waals surface area contributed by atoms with Gasteiger partial charge in [-0.25, -0.2) is 5.84 Å². The molecule has 3 N–H and O–H groups in total. The minimum atomic E-state index is -0.285. The largest absolute Gasteiger partial charge is 0.343 e. The van der Waals surface area contributed by atoms with Crippen molar-refractivity contribution in [3.63, 3.8) is 0 Å². The molecule has 0 aliphatic carbocycles. The summed E-state index contributed by atoms with van der Waals surface area (Å²) >= 11 is 0. The number of hydrazine groups is 1. The molecule has 1 aliphatic rings. The highest BCUT2D eigenvalue weighted by Gasteiger charge is 2.17. The summed E-state index contributed by atoms with van der Waals surface area (Å²) in [5.74, 6) is 4.66. The van der Waals surface area contributed by atoms with E-state index in [2.05, 4.69) is 0 Å². The standard InChI is InChI=1S/C8H15N3O2/c9-10-7(12)3-4-8(13)11-5-1-2-6-11/h1-6,9H2,(H,10,12). The van der Waals surface area contributed by atoms with E-state index in [1.165, 1.54) is 0 Å². The van der Waals surface area contributed by atoms with Crippen molar-refractivity contribution >= 4 is 11.8 Å². The Morgan fingerprint density at radius 3 is 2.38 bits per heavy atom. The van der Waals surface area contributed by atoms with Crippen LogP contribution in [0.4, 0.5) is 0 Å². The van der Waals surface area contributed by atoms with Gasteiger partial charge in [0.05, 0.1) is 0 Å². The van der Waals surface area contributed by atoms with Crippen molar-refractivity contribution < 1.29 is 9.59 Å². The summed E-state index contributed by atoms with van der Waals surface area (Å²) in [6, 6.07) is 0. The zero-order valence-corrected chi connectivity index (χ0v) is 7.58. The molecule has 0 unspecified atom stereocenters. The Hall–Kier alpha value is -1.10. The summed E-state index contributed by atoms with van der Waals surface area (Å²) in [7, 11) is 0. The Morgan fingerprint density at radius 1 is 1.23 bits per heavy atom. The van der Waals surface area contributed by atoms with E-state index in [-0.39, 0.29) is 24.7 Å². The number of rotatable bonds is 3. The number of nitrogens with two attached hydrogens (primary N) is 1. The normalized spacial score (nSPS) is 15.9. The van der Waals surface area contributed by atoms with Crippen molar-refractivity contribution in [2.45, 2.75) is 25.7 Å². The predicted octanol–water partition coefficient (Wildman–Crippen LogP) is -0.621. The summed E-state index contributed by atoms with van der Waals surface area (Å²) in [5.41, 5.74) is 2.00. The van der Waals surface area contributed by atoms with Gasteiger partial charge < -0.3 is 4.90 Å². The van der Waals surface area contributed by atoms with Gasteiger partial charge in [-0.3, -0.25) is 15.0 Å². The minimum Gasteiger partial charge on any atom is -0.343 e. The second-order valence-electron chi connectivity index (χ2n) is 3.16. The Bertz CT molecular complexity index is 200. The van der Waals surface area contributed by atoms with E-state index in [9.17, 15) is 9.59 Å². The molecule has 2 amide bonds. The first-order chi connectivity index (χ1) is 6.24. The molecule has 13 heavy (non-hydrogen) atoms. The summed E-state index contributed by atoms with van der Waals surface area (Å²) in [5, 5.41) is 0. The van der Waals surface area contributed by atoms with Crippen molar-refractivity contribution in [1.29, 1.82) is 0 Å². The van der Waals surface area contributed by atoms with Crippen LogP contribution in [0.5, 0.6) is 0 Å². The summed E-state index contributed by atoms with van der Waals surface area (Å²) in [4.78, 5) is 23.9. The van der Waals surface area contributed by atoms with Crippen LogP contribution in [0.3, 0.4) is 0 Å². The van der Waals surface area contributed by atoms with Gasteiger partial charge in [-0.05, 0) is 12.8 Å². The third kappa shape index (κ3) is 3.02. The van der Waals surface area contributed by atoms with Crippen LogP contribution in [0.15, 0.2) is 0 Å². The van der Waals surface area contributed by atoms with E-state index < -0.39 is 0 Å². The van der Waals surface area contributed by atoms with Gasteiger partial charge in [0.2, 0.25) is 11.8 Å². The number of carbonyl (C=O) groups excluding carboxylic acids is 2. The Labute approximate surface area is 77.2 Å². The first-order valence-corrected chi connectivity index (χ1v) is 4.51. The van der Waals surface area contributed by atoms with Crippen LogP contribution in [-0.4, -0.2) is 29.8 Å². The van der Waals surface area contributed by atoms with Gasteiger partial charge in [0.15, 0.2) is 0 Å². The number of likely N-dealkylation sites (tertiary alicyclic amines) is 1. The van der Waals surface area contributed by atoms with Gasteiger partial charge in [0, 0.05) is 25.9 Å². The molecule has 1 aliphatic heterocycles. The Morgan fingerprint density at radius 2 is 1.85 bits per heavy atom. The molecule has 0 spiro atoms. The van der Waals surface area contributed by atoms with Gasteiger partial charge in [-0.2, -0.15) is 0 Å². The number of amides is 2. The molecular formula is C8H15N3O2. The Kier molecular flexibility index (Phi) is 3.70. The number of hydrogen-bond acceptors (Lipinski definition) is 3. The summed E-state index contributed by atoms with van der Waals surface area (Å²) in [6.07, 6.45) is 2.61. The first kappa shape index (κ1) is 9.98. The number of hydrogen-bond donors (Lipinski definition) is 2. The molecule has 0 atom stereocenters. The molecule has 0 bridgehead atoms. The molecule has 74 valence electrons. The number of nitrogens with one attached hydrogen (secondary N) is 1. The third-order valence-electron chi connectivity index (χ3n) is 2.19. The Balaban J connectivity index is 2.20. The fourth-order valence-electron chi connectivity index (χ4n) is 1.42. The van der Waals surface area contributed by atoms with E-state index in [1.807, 2.05) is 5.43 Å². The molecule has 0 aromatic rings. The third-order valence-corrected chi connectivity index (χ3v) is 2.19. The predicted molar refractivity (Wildman–Crippen MR) is 47.4 cm³/mol. The van der Waals surface area contributed by atoms with Crippen LogP contribution >= 0.6 is 0 Å². The smallest absolute Gasteiger partial charge is 0.234 e. The lowest BCUT2D eigenvalue weighted by molar-refractivity contribution is -0.132. The quantitative estimate of drug-likeness (QED) is 0.349. The molecular weight excluding hydrogens is 170 g/mol. The zero-order chi connectivity index (χ0) is 9.68. The average Bonchev–Trinajstić information content (AvgIpc) is 2.66. The maximum atomic E-state index is 11.4. The van der Waals surface area contributed by atoms with Gasteiger partial charge in [-0.15, -0.1) is 0 Å². The monoisotopic (exact) mass is 185 g/mol. The highest BCUT2D eigenvalue weighted by Crippen LogP contribution is 2.09. The molecule has 0 saturated carbocycles. The van der Waals surface area contributed by atoms with E-state index in [0.717, 1.165) is 25.9 Å². The van der Waals surface area contributed by atoms with Gasteiger partial charge in [-0.1, -0.05) is 0 Å². The maximum absolute atomic E-state index is 11.4. The molecule has 0 aromatic heterocycles. The fraction of sp³-hybridized carbons (Fsp3) is 0.750. The van der Waals surface area contributed by atoms with Gasteiger partial charge in [0.1, 0.15) is 0 Å². The van der Waals surface area contributed by atoms with E-state index in [1.54, 1.807) is 4.90 Å². The van der Waals surface area contributed by atoms with Crippen molar-refractivity contribution in [3.8, 4) is 0 Å². The van der Waals surface area contributed by atoms with Gasteiger partial charge >= 0.3 is 0 Å². The van der Waals surface area contributed by atoms with Crippen molar-refractivity contribution in [2.24, 2.45) is 5.84 Å². The molecule has 0 aromatic carbocycles. The molecule has 1 saturated heterocycles. The molecule has 0 radical (unpaired) electrons. The molecule has 1 rings (SSSR count). The van der Waals surface area contributed by atoms with Crippen molar-refractivity contribution in [1.82, 2.24) is 10.3 Å². The maximum Gasteiger partial charge on any atom is 0.234 e.